The number of carbonyl (C=O) groups is 1. The summed E-state index contributed by atoms with van der Waals surface area (Å²) in [4.78, 5) is 21.0. The molecule has 11 nitrogen and oxygen atoms in total. The number of amides is 1. The van der Waals surface area contributed by atoms with Gasteiger partial charge in [-0.05, 0) is 44.5 Å². The molecular formula is C19H23N7O4S. The molecule has 1 atom stereocenters. The fourth-order valence-electron chi connectivity index (χ4n) is 2.92. The number of ether oxygens (including phenoxy) is 1. The Bertz CT molecular complexity index is 1220. The highest BCUT2D eigenvalue weighted by molar-refractivity contribution is 7.92. The SMILES string of the molecule is Cc1ccncc1C(C)OC(=O)Nc1c(-c2ccc(NS(C)(=O)=O)c(C)n2)nnn1C. The molecule has 0 aromatic carbocycles. The van der Waals surface area contributed by atoms with Crippen LogP contribution in [0.25, 0.3) is 11.4 Å². The number of aryl methyl sites for hydroxylation is 3. The Morgan fingerprint density at radius 3 is 2.61 bits per heavy atom. The number of hydrogen-bond acceptors (Lipinski definition) is 8. The van der Waals surface area contributed by atoms with E-state index in [2.05, 4.69) is 30.3 Å². The molecular weight excluding hydrogens is 422 g/mol. The first-order valence-corrected chi connectivity index (χ1v) is 11.2. The van der Waals surface area contributed by atoms with E-state index in [1.807, 2.05) is 13.0 Å². The first-order valence-electron chi connectivity index (χ1n) is 9.29. The fourth-order valence-corrected chi connectivity index (χ4v) is 3.54. The lowest BCUT2D eigenvalue weighted by Gasteiger charge is -2.16. The second kappa shape index (κ2) is 8.68. The van der Waals surface area contributed by atoms with Gasteiger partial charge in [0.2, 0.25) is 10.0 Å². The zero-order chi connectivity index (χ0) is 22.8. The van der Waals surface area contributed by atoms with Crippen LogP contribution >= 0.6 is 0 Å². The van der Waals surface area contributed by atoms with Gasteiger partial charge in [0.05, 0.1) is 23.3 Å². The van der Waals surface area contributed by atoms with Crippen molar-refractivity contribution >= 4 is 27.6 Å². The first kappa shape index (κ1) is 22.2. The zero-order valence-corrected chi connectivity index (χ0v) is 18.6. The third kappa shape index (κ3) is 5.34. The maximum absolute atomic E-state index is 12.5. The summed E-state index contributed by atoms with van der Waals surface area (Å²) in [5.74, 6) is 0.288. The average Bonchev–Trinajstić information content (AvgIpc) is 3.03. The summed E-state index contributed by atoms with van der Waals surface area (Å²) in [5.41, 5.74) is 3.29. The van der Waals surface area contributed by atoms with E-state index in [4.69, 9.17) is 4.74 Å². The van der Waals surface area contributed by atoms with Crippen LogP contribution in [0.15, 0.2) is 30.6 Å². The second-order valence-corrected chi connectivity index (χ2v) is 8.77. The maximum Gasteiger partial charge on any atom is 0.413 e. The van der Waals surface area contributed by atoms with Gasteiger partial charge >= 0.3 is 6.09 Å². The number of carbonyl (C=O) groups excluding carboxylic acids is 1. The van der Waals surface area contributed by atoms with Gasteiger partial charge in [-0.15, -0.1) is 5.10 Å². The molecule has 12 heteroatoms. The molecule has 0 saturated heterocycles. The lowest BCUT2D eigenvalue weighted by atomic mass is 10.1. The van der Waals surface area contributed by atoms with E-state index in [0.717, 1.165) is 17.4 Å². The van der Waals surface area contributed by atoms with Gasteiger partial charge in [-0.2, -0.15) is 0 Å². The van der Waals surface area contributed by atoms with Gasteiger partial charge in [0.1, 0.15) is 6.10 Å². The molecule has 1 amide bonds. The summed E-state index contributed by atoms with van der Waals surface area (Å²) in [7, 11) is -1.82. The molecule has 0 aliphatic rings. The highest BCUT2D eigenvalue weighted by atomic mass is 32.2. The smallest absolute Gasteiger partial charge is 0.413 e. The quantitative estimate of drug-likeness (QED) is 0.590. The van der Waals surface area contributed by atoms with Crippen molar-refractivity contribution in [3.05, 3.63) is 47.4 Å². The van der Waals surface area contributed by atoms with Gasteiger partial charge in [0.15, 0.2) is 11.5 Å². The van der Waals surface area contributed by atoms with Crippen LogP contribution in [0, 0.1) is 13.8 Å². The summed E-state index contributed by atoms with van der Waals surface area (Å²) in [6, 6.07) is 5.00. The van der Waals surface area contributed by atoms with Gasteiger partial charge < -0.3 is 4.74 Å². The number of rotatable bonds is 6. The third-order valence-corrected chi connectivity index (χ3v) is 5.06. The van der Waals surface area contributed by atoms with Crippen LogP contribution in [-0.2, 0) is 21.8 Å². The molecule has 3 aromatic rings. The number of hydrogen-bond donors (Lipinski definition) is 2. The minimum Gasteiger partial charge on any atom is -0.441 e. The van der Waals surface area contributed by atoms with Crippen LogP contribution in [0.1, 0.15) is 29.8 Å². The van der Waals surface area contributed by atoms with E-state index in [-0.39, 0.29) is 5.82 Å². The van der Waals surface area contributed by atoms with E-state index in [1.54, 1.807) is 45.4 Å². The minimum atomic E-state index is -3.43. The molecule has 31 heavy (non-hydrogen) atoms. The van der Waals surface area contributed by atoms with Crippen LogP contribution in [0.3, 0.4) is 0 Å². The van der Waals surface area contributed by atoms with E-state index < -0.39 is 22.2 Å². The Balaban J connectivity index is 1.80. The standard InChI is InChI=1S/C19H23N7O4S/c1-11-8-9-20-10-14(11)13(3)30-19(27)22-18-17(23-25-26(18)4)16-7-6-15(12(2)21-16)24-31(5,28)29/h6-10,13,24H,1-5H3,(H,22,27). The van der Waals surface area contributed by atoms with E-state index in [9.17, 15) is 13.2 Å². The van der Waals surface area contributed by atoms with Crippen LogP contribution in [0.2, 0.25) is 0 Å². The molecule has 3 rings (SSSR count). The van der Waals surface area contributed by atoms with E-state index in [1.165, 1.54) is 4.68 Å². The van der Waals surface area contributed by atoms with Crippen LogP contribution in [0.4, 0.5) is 16.3 Å². The van der Waals surface area contributed by atoms with Gasteiger partial charge in [0, 0.05) is 25.0 Å². The van der Waals surface area contributed by atoms with Gasteiger partial charge in [-0.1, -0.05) is 5.21 Å². The molecule has 0 aliphatic carbocycles. The van der Waals surface area contributed by atoms with Crippen molar-refractivity contribution in [2.45, 2.75) is 26.9 Å². The molecule has 0 aliphatic heterocycles. The highest BCUT2D eigenvalue weighted by Gasteiger charge is 2.20. The lowest BCUT2D eigenvalue weighted by Crippen LogP contribution is -2.19. The normalized spacial score (nSPS) is 12.3. The Morgan fingerprint density at radius 1 is 1.23 bits per heavy atom. The van der Waals surface area contributed by atoms with Gasteiger partial charge in [-0.3, -0.25) is 15.0 Å². The number of pyridine rings is 2. The summed E-state index contributed by atoms with van der Waals surface area (Å²) in [6.45, 7) is 5.32. The minimum absolute atomic E-state index is 0.288. The molecule has 3 aromatic heterocycles. The molecule has 3 heterocycles. The number of sulfonamides is 1. The van der Waals surface area contributed by atoms with Crippen molar-refractivity contribution in [1.82, 2.24) is 25.0 Å². The van der Waals surface area contributed by atoms with Crippen molar-refractivity contribution in [3.8, 4) is 11.4 Å². The highest BCUT2D eigenvalue weighted by Crippen LogP contribution is 2.27. The monoisotopic (exact) mass is 445 g/mol. The van der Waals surface area contributed by atoms with E-state index in [0.29, 0.717) is 22.8 Å². The molecule has 1 unspecified atom stereocenters. The number of anilines is 2. The summed E-state index contributed by atoms with van der Waals surface area (Å²) < 4.78 is 32.2. The lowest BCUT2D eigenvalue weighted by molar-refractivity contribution is 0.120. The number of aromatic nitrogens is 5. The van der Waals surface area contributed by atoms with Gasteiger partial charge in [0.25, 0.3) is 0 Å². The average molecular weight is 446 g/mol. The summed E-state index contributed by atoms with van der Waals surface area (Å²) in [5, 5.41) is 10.7. The maximum atomic E-state index is 12.5. The van der Waals surface area contributed by atoms with Crippen molar-refractivity contribution in [2.24, 2.45) is 7.05 Å². The number of nitrogens with zero attached hydrogens (tertiary/aromatic N) is 5. The van der Waals surface area contributed by atoms with Crippen molar-refractivity contribution < 1.29 is 17.9 Å². The first-order chi connectivity index (χ1) is 14.5. The van der Waals surface area contributed by atoms with Crippen LogP contribution in [-0.4, -0.2) is 45.7 Å². The Labute approximate surface area is 179 Å². The fraction of sp³-hybridized carbons (Fsp3) is 0.316. The zero-order valence-electron chi connectivity index (χ0n) is 17.7. The van der Waals surface area contributed by atoms with Crippen molar-refractivity contribution in [1.29, 1.82) is 0 Å². The Morgan fingerprint density at radius 2 is 1.97 bits per heavy atom. The van der Waals surface area contributed by atoms with Crippen LogP contribution in [0.5, 0.6) is 0 Å². The second-order valence-electron chi connectivity index (χ2n) is 7.02. The Kier molecular flexibility index (Phi) is 6.20. The third-order valence-electron chi connectivity index (χ3n) is 4.47. The largest absolute Gasteiger partial charge is 0.441 e. The summed E-state index contributed by atoms with van der Waals surface area (Å²) >= 11 is 0. The molecule has 0 bridgehead atoms. The number of nitrogens with one attached hydrogen (secondary N) is 2. The predicted octanol–water partition coefficient (Wildman–Crippen LogP) is 2.57. The molecule has 164 valence electrons. The predicted molar refractivity (Wildman–Crippen MR) is 115 cm³/mol. The molecule has 2 N–H and O–H groups in total. The Hall–Kier alpha value is -3.54. The molecule has 0 fully saturated rings. The topological polar surface area (TPSA) is 141 Å². The molecule has 0 radical (unpaired) electrons. The summed E-state index contributed by atoms with van der Waals surface area (Å²) in [6.07, 6.45) is 3.19. The van der Waals surface area contributed by atoms with Crippen LogP contribution < -0.4 is 10.0 Å². The van der Waals surface area contributed by atoms with Crippen molar-refractivity contribution in [3.63, 3.8) is 0 Å². The van der Waals surface area contributed by atoms with Gasteiger partial charge in [-0.25, -0.2) is 22.9 Å². The van der Waals surface area contributed by atoms with Crippen molar-refractivity contribution in [2.75, 3.05) is 16.3 Å². The molecule has 0 saturated carbocycles. The van der Waals surface area contributed by atoms with E-state index >= 15 is 0 Å². The molecule has 0 spiro atoms.